The number of halogens is 2. The summed E-state index contributed by atoms with van der Waals surface area (Å²) in [5.41, 5.74) is 1.49. The first-order valence-corrected chi connectivity index (χ1v) is 7.47. The summed E-state index contributed by atoms with van der Waals surface area (Å²) < 4.78 is 19.2. The van der Waals surface area contributed by atoms with Crippen LogP contribution in [0.4, 0.5) is 4.39 Å². The van der Waals surface area contributed by atoms with Crippen LogP contribution in [0.1, 0.15) is 16.1 Å². The molecular weight excluding hydrogens is 367 g/mol. The van der Waals surface area contributed by atoms with Crippen LogP contribution in [0.25, 0.3) is 10.9 Å². The van der Waals surface area contributed by atoms with Crippen LogP contribution in [0.2, 0.25) is 0 Å². The lowest BCUT2D eigenvalue weighted by Gasteiger charge is -2.09. The first-order valence-electron chi connectivity index (χ1n) is 6.68. The van der Waals surface area contributed by atoms with Gasteiger partial charge in [0.05, 0.1) is 36.6 Å². The van der Waals surface area contributed by atoms with Gasteiger partial charge in [-0.15, -0.1) is 0 Å². The number of aromatic nitrogens is 3. The van der Waals surface area contributed by atoms with E-state index in [1.807, 2.05) is 0 Å². The lowest BCUT2D eigenvalue weighted by Crippen LogP contribution is -2.24. The Morgan fingerprint density at radius 1 is 1.43 bits per heavy atom. The molecule has 3 aromatic rings. The van der Waals surface area contributed by atoms with Crippen LogP contribution in [0.15, 0.2) is 35.1 Å². The Morgan fingerprint density at radius 2 is 2.26 bits per heavy atom. The molecule has 2 heterocycles. The predicted octanol–water partition coefficient (Wildman–Crippen LogP) is 2.80. The third kappa shape index (κ3) is 3.02. The fourth-order valence-corrected chi connectivity index (χ4v) is 2.61. The van der Waals surface area contributed by atoms with Gasteiger partial charge in [-0.2, -0.15) is 5.10 Å². The summed E-state index contributed by atoms with van der Waals surface area (Å²) in [6.45, 7) is 0.171. The Bertz CT molecular complexity index is 881. The minimum absolute atomic E-state index is 0.130. The number of carbonyl (C=O) groups is 1. The standard InChI is InChI=1S/C15H12BrFN4O2/c1-23-13-3-2-8(17)4-9(13)15(22)19-7-12-14-10(5-20-21-14)11(16)6-18-12/h2-6H,7H2,1H3,(H,19,22)(H,20,21). The summed E-state index contributed by atoms with van der Waals surface area (Å²) in [4.78, 5) is 16.5. The van der Waals surface area contributed by atoms with Crippen molar-refractivity contribution in [3.8, 4) is 5.75 Å². The third-order valence-electron chi connectivity index (χ3n) is 3.34. The van der Waals surface area contributed by atoms with E-state index < -0.39 is 11.7 Å². The molecule has 0 aliphatic carbocycles. The molecule has 6 nitrogen and oxygen atoms in total. The molecular formula is C15H12BrFN4O2. The van der Waals surface area contributed by atoms with Crippen molar-refractivity contribution >= 4 is 32.7 Å². The quantitative estimate of drug-likeness (QED) is 0.731. The predicted molar refractivity (Wildman–Crippen MR) is 85.7 cm³/mol. The van der Waals surface area contributed by atoms with Crippen molar-refractivity contribution in [3.05, 3.63) is 52.1 Å². The largest absolute Gasteiger partial charge is 0.496 e. The first kappa shape index (κ1) is 15.4. The normalized spacial score (nSPS) is 10.7. The molecule has 0 aliphatic heterocycles. The number of aromatic amines is 1. The van der Waals surface area contributed by atoms with Gasteiger partial charge in [0.25, 0.3) is 5.91 Å². The lowest BCUT2D eigenvalue weighted by molar-refractivity contribution is 0.0947. The number of ether oxygens (including phenoxy) is 1. The second-order valence-electron chi connectivity index (χ2n) is 4.74. The molecule has 0 saturated carbocycles. The highest BCUT2D eigenvalue weighted by Crippen LogP contribution is 2.23. The van der Waals surface area contributed by atoms with Crippen LogP contribution >= 0.6 is 15.9 Å². The number of hydrogen-bond donors (Lipinski definition) is 2. The Kier molecular flexibility index (Phi) is 4.24. The highest BCUT2D eigenvalue weighted by Gasteiger charge is 2.15. The molecule has 0 spiro atoms. The zero-order valence-electron chi connectivity index (χ0n) is 12.1. The van der Waals surface area contributed by atoms with E-state index in [1.54, 1.807) is 12.4 Å². The van der Waals surface area contributed by atoms with E-state index in [1.165, 1.54) is 19.2 Å². The minimum atomic E-state index is -0.506. The Morgan fingerprint density at radius 3 is 3.04 bits per heavy atom. The summed E-state index contributed by atoms with van der Waals surface area (Å²) >= 11 is 3.39. The number of carbonyl (C=O) groups excluding carboxylic acids is 1. The molecule has 0 unspecified atom stereocenters. The van der Waals surface area contributed by atoms with Crippen LogP contribution in [0.5, 0.6) is 5.75 Å². The Hall–Kier alpha value is -2.48. The lowest BCUT2D eigenvalue weighted by atomic mass is 10.1. The van der Waals surface area contributed by atoms with Crippen molar-refractivity contribution in [2.24, 2.45) is 0 Å². The van der Waals surface area contributed by atoms with E-state index in [-0.39, 0.29) is 12.1 Å². The van der Waals surface area contributed by atoms with Crippen molar-refractivity contribution in [3.63, 3.8) is 0 Å². The molecule has 8 heteroatoms. The fourth-order valence-electron chi connectivity index (χ4n) is 2.21. The van der Waals surface area contributed by atoms with Gasteiger partial charge in [0.2, 0.25) is 0 Å². The average Bonchev–Trinajstić information content (AvgIpc) is 3.04. The molecule has 2 aromatic heterocycles. The number of nitrogens with zero attached hydrogens (tertiary/aromatic N) is 2. The molecule has 0 bridgehead atoms. The van der Waals surface area contributed by atoms with E-state index in [0.29, 0.717) is 11.4 Å². The van der Waals surface area contributed by atoms with Crippen molar-refractivity contribution in [1.82, 2.24) is 20.5 Å². The number of rotatable bonds is 4. The topological polar surface area (TPSA) is 79.9 Å². The van der Waals surface area contributed by atoms with Crippen molar-refractivity contribution in [2.45, 2.75) is 6.54 Å². The molecule has 2 N–H and O–H groups in total. The maximum Gasteiger partial charge on any atom is 0.255 e. The van der Waals surface area contributed by atoms with Crippen molar-refractivity contribution < 1.29 is 13.9 Å². The van der Waals surface area contributed by atoms with Gasteiger partial charge in [0.1, 0.15) is 11.6 Å². The van der Waals surface area contributed by atoms with E-state index in [4.69, 9.17) is 4.74 Å². The molecule has 3 rings (SSSR count). The van der Waals surface area contributed by atoms with Gasteiger partial charge in [-0.3, -0.25) is 14.9 Å². The Labute approximate surface area is 139 Å². The molecule has 23 heavy (non-hydrogen) atoms. The number of amides is 1. The molecule has 0 saturated heterocycles. The number of hydrogen-bond acceptors (Lipinski definition) is 4. The van der Waals surface area contributed by atoms with Crippen LogP contribution in [0.3, 0.4) is 0 Å². The highest BCUT2D eigenvalue weighted by molar-refractivity contribution is 9.10. The average molecular weight is 379 g/mol. The number of methoxy groups -OCH3 is 1. The zero-order valence-corrected chi connectivity index (χ0v) is 13.6. The van der Waals surface area contributed by atoms with Crippen LogP contribution < -0.4 is 10.1 Å². The summed E-state index contributed by atoms with van der Waals surface area (Å²) in [5.74, 6) is -0.647. The maximum absolute atomic E-state index is 13.4. The first-order chi connectivity index (χ1) is 11.1. The van der Waals surface area contributed by atoms with Gasteiger partial charge >= 0.3 is 0 Å². The smallest absolute Gasteiger partial charge is 0.255 e. The van der Waals surface area contributed by atoms with E-state index in [9.17, 15) is 9.18 Å². The van der Waals surface area contributed by atoms with Gasteiger partial charge < -0.3 is 10.1 Å². The van der Waals surface area contributed by atoms with Crippen molar-refractivity contribution in [1.29, 1.82) is 0 Å². The minimum Gasteiger partial charge on any atom is -0.496 e. The van der Waals surface area contributed by atoms with Crippen LogP contribution in [-0.4, -0.2) is 28.2 Å². The molecule has 0 fully saturated rings. The number of H-pyrrole nitrogens is 1. The third-order valence-corrected chi connectivity index (χ3v) is 3.97. The van der Waals surface area contributed by atoms with E-state index >= 15 is 0 Å². The van der Waals surface area contributed by atoms with Gasteiger partial charge in [-0.1, -0.05) is 0 Å². The second kappa shape index (κ2) is 6.33. The van der Waals surface area contributed by atoms with E-state index in [0.717, 1.165) is 21.4 Å². The summed E-state index contributed by atoms with van der Waals surface area (Å²) in [5, 5.41) is 10.4. The van der Waals surface area contributed by atoms with Crippen molar-refractivity contribution in [2.75, 3.05) is 7.11 Å². The molecule has 0 aliphatic rings. The number of pyridine rings is 1. The molecule has 1 aromatic carbocycles. The van der Waals surface area contributed by atoms with E-state index in [2.05, 4.69) is 36.4 Å². The Balaban J connectivity index is 1.83. The van der Waals surface area contributed by atoms with Gasteiger partial charge in [-0.05, 0) is 34.1 Å². The van der Waals surface area contributed by atoms with Gasteiger partial charge in [0.15, 0.2) is 0 Å². The zero-order chi connectivity index (χ0) is 16.4. The summed E-state index contributed by atoms with van der Waals surface area (Å²) in [6, 6.07) is 3.78. The second-order valence-corrected chi connectivity index (χ2v) is 5.59. The molecule has 118 valence electrons. The van der Waals surface area contributed by atoms with Crippen LogP contribution in [-0.2, 0) is 6.54 Å². The van der Waals surface area contributed by atoms with Gasteiger partial charge in [-0.25, -0.2) is 4.39 Å². The number of benzene rings is 1. The summed E-state index contributed by atoms with van der Waals surface area (Å²) in [6.07, 6.45) is 3.31. The molecule has 1 amide bonds. The highest BCUT2D eigenvalue weighted by atomic mass is 79.9. The summed E-state index contributed by atoms with van der Waals surface area (Å²) in [7, 11) is 1.43. The van der Waals surface area contributed by atoms with Crippen LogP contribution in [0, 0.1) is 5.82 Å². The fraction of sp³-hybridized carbons (Fsp3) is 0.133. The SMILES string of the molecule is COc1ccc(F)cc1C(=O)NCc1ncc(Br)c2cn[nH]c12. The maximum atomic E-state index is 13.4. The molecule has 0 radical (unpaired) electrons. The van der Waals surface area contributed by atoms with Gasteiger partial charge in [0, 0.05) is 16.1 Å². The number of nitrogens with one attached hydrogen (secondary N) is 2. The number of fused-ring (bicyclic) bond motifs is 1. The molecule has 0 atom stereocenters. The monoisotopic (exact) mass is 378 g/mol.